The van der Waals surface area contributed by atoms with Gasteiger partial charge in [0.2, 0.25) is 5.91 Å². The van der Waals surface area contributed by atoms with E-state index in [1.54, 1.807) is 4.57 Å². The summed E-state index contributed by atoms with van der Waals surface area (Å²) in [6.45, 7) is 1.29. The Balaban J connectivity index is 1.70. The summed E-state index contributed by atoms with van der Waals surface area (Å²) in [7, 11) is 0. The van der Waals surface area contributed by atoms with Gasteiger partial charge in [-0.15, -0.1) is 5.10 Å². The van der Waals surface area contributed by atoms with Gasteiger partial charge in [0, 0.05) is 13.1 Å². The summed E-state index contributed by atoms with van der Waals surface area (Å²) in [5.41, 5.74) is 0.946. The van der Waals surface area contributed by atoms with Crippen molar-refractivity contribution in [3.05, 3.63) is 46.4 Å². The predicted molar refractivity (Wildman–Crippen MR) is 89.5 cm³/mol. The molecule has 0 saturated carbocycles. The van der Waals surface area contributed by atoms with Crippen molar-refractivity contribution in [1.82, 2.24) is 20.1 Å². The van der Waals surface area contributed by atoms with Gasteiger partial charge in [0.25, 0.3) is 0 Å². The number of carbonyl (C=O) groups is 1. The maximum atomic E-state index is 12.1. The lowest BCUT2D eigenvalue weighted by Crippen LogP contribution is -2.31. The van der Waals surface area contributed by atoms with E-state index in [9.17, 15) is 9.59 Å². The summed E-state index contributed by atoms with van der Waals surface area (Å²) in [6.07, 6.45) is 3.58. The van der Waals surface area contributed by atoms with E-state index in [0.717, 1.165) is 32.2 Å². The number of thioether (sulfide) groups is 1. The molecule has 23 heavy (non-hydrogen) atoms. The van der Waals surface area contributed by atoms with Crippen LogP contribution < -0.4 is 11.0 Å². The molecule has 1 fully saturated rings. The van der Waals surface area contributed by atoms with Crippen LogP contribution in [-0.2, 0) is 17.8 Å². The summed E-state index contributed by atoms with van der Waals surface area (Å²) in [6, 6.07) is 10.0. The first-order valence-corrected chi connectivity index (χ1v) is 8.75. The van der Waals surface area contributed by atoms with E-state index >= 15 is 0 Å². The summed E-state index contributed by atoms with van der Waals surface area (Å²) in [4.78, 5) is 24.0. The molecule has 1 atom stereocenters. The maximum absolute atomic E-state index is 12.1. The van der Waals surface area contributed by atoms with E-state index in [0.29, 0.717) is 11.7 Å². The van der Waals surface area contributed by atoms with Gasteiger partial charge in [-0.1, -0.05) is 48.5 Å². The smallest absolute Gasteiger partial charge is 0.343 e. The SMILES string of the molecule is O=C1NCCCC[C@H]1Sc1n[nH]c(=O)n1CCc1ccccc1. The molecule has 3 rings (SSSR count). The van der Waals surface area contributed by atoms with Crippen molar-refractivity contribution in [3.63, 3.8) is 0 Å². The number of aryl methyl sites for hydroxylation is 1. The number of hydrogen-bond acceptors (Lipinski definition) is 4. The lowest BCUT2D eigenvalue weighted by Gasteiger charge is -2.12. The fourth-order valence-electron chi connectivity index (χ4n) is 2.63. The Labute approximate surface area is 138 Å². The normalized spacial score (nSPS) is 18.4. The fourth-order valence-corrected chi connectivity index (χ4v) is 3.76. The average molecular weight is 332 g/mol. The number of amides is 1. The van der Waals surface area contributed by atoms with Crippen LogP contribution in [0.1, 0.15) is 24.8 Å². The second-order valence-electron chi connectivity index (χ2n) is 5.59. The first-order chi connectivity index (χ1) is 11.2. The molecule has 0 bridgehead atoms. The van der Waals surface area contributed by atoms with Crippen LogP contribution in [0.25, 0.3) is 0 Å². The number of hydrogen-bond donors (Lipinski definition) is 2. The van der Waals surface area contributed by atoms with Gasteiger partial charge in [-0.2, -0.15) is 0 Å². The van der Waals surface area contributed by atoms with Crippen LogP contribution >= 0.6 is 11.8 Å². The molecule has 1 aromatic heterocycles. The molecular weight excluding hydrogens is 312 g/mol. The first-order valence-electron chi connectivity index (χ1n) is 7.87. The number of aromatic nitrogens is 3. The average Bonchev–Trinajstić information content (AvgIpc) is 2.78. The molecule has 0 aliphatic carbocycles. The van der Waals surface area contributed by atoms with E-state index in [1.165, 1.54) is 17.3 Å². The minimum atomic E-state index is -0.225. The molecule has 0 radical (unpaired) electrons. The number of nitrogens with zero attached hydrogens (tertiary/aromatic N) is 2. The predicted octanol–water partition coefficient (Wildman–Crippen LogP) is 1.57. The summed E-state index contributed by atoms with van der Waals surface area (Å²) in [5.74, 6) is 0.0394. The highest BCUT2D eigenvalue weighted by Gasteiger charge is 2.24. The monoisotopic (exact) mass is 332 g/mol. The standard InChI is InChI=1S/C16H20N4O2S/c21-14-13(8-4-5-10-17-14)23-16-19-18-15(22)20(16)11-9-12-6-2-1-3-7-12/h1-3,6-7,13H,4-5,8-11H2,(H,17,21)(H,18,22)/t13-/m1/s1. The molecular formula is C16H20N4O2S. The number of aromatic amines is 1. The van der Waals surface area contributed by atoms with E-state index in [-0.39, 0.29) is 16.8 Å². The van der Waals surface area contributed by atoms with E-state index in [2.05, 4.69) is 15.5 Å². The number of rotatable bonds is 5. The molecule has 2 aromatic rings. The van der Waals surface area contributed by atoms with Crippen molar-refractivity contribution in [3.8, 4) is 0 Å². The van der Waals surface area contributed by atoms with Gasteiger partial charge in [-0.05, 0) is 24.8 Å². The van der Waals surface area contributed by atoms with Gasteiger partial charge >= 0.3 is 5.69 Å². The number of H-pyrrole nitrogens is 1. The Kier molecular flexibility index (Phi) is 5.17. The molecule has 0 spiro atoms. The van der Waals surface area contributed by atoms with Crippen molar-refractivity contribution >= 4 is 17.7 Å². The second-order valence-corrected chi connectivity index (χ2v) is 6.76. The number of nitrogens with one attached hydrogen (secondary N) is 2. The van der Waals surface area contributed by atoms with Gasteiger partial charge in [0.15, 0.2) is 5.16 Å². The van der Waals surface area contributed by atoms with Crippen molar-refractivity contribution in [2.24, 2.45) is 0 Å². The third-order valence-corrected chi connectivity index (χ3v) is 5.18. The summed E-state index contributed by atoms with van der Waals surface area (Å²) < 4.78 is 1.62. The fraction of sp³-hybridized carbons (Fsp3) is 0.438. The van der Waals surface area contributed by atoms with E-state index < -0.39 is 0 Å². The first kappa shape index (κ1) is 15.9. The molecule has 6 nitrogen and oxygen atoms in total. The Hall–Kier alpha value is -2.02. The topological polar surface area (TPSA) is 79.8 Å². The quantitative estimate of drug-likeness (QED) is 0.871. The molecule has 0 unspecified atom stereocenters. The van der Waals surface area contributed by atoms with Crippen LogP contribution in [0.15, 0.2) is 40.3 Å². The van der Waals surface area contributed by atoms with Crippen LogP contribution in [-0.4, -0.2) is 32.5 Å². The van der Waals surface area contributed by atoms with Gasteiger partial charge in [0.1, 0.15) is 0 Å². The summed E-state index contributed by atoms with van der Waals surface area (Å²) >= 11 is 1.38. The summed E-state index contributed by atoms with van der Waals surface area (Å²) in [5, 5.41) is 9.92. The lowest BCUT2D eigenvalue weighted by atomic mass is 10.1. The molecule has 1 amide bonds. The Morgan fingerprint density at radius 1 is 1.22 bits per heavy atom. The van der Waals surface area contributed by atoms with Crippen LogP contribution in [0.4, 0.5) is 0 Å². The van der Waals surface area contributed by atoms with Crippen molar-refractivity contribution in [2.75, 3.05) is 6.54 Å². The Bertz CT molecular complexity index is 710. The van der Waals surface area contributed by atoms with Gasteiger partial charge in [-0.3, -0.25) is 9.36 Å². The third kappa shape index (κ3) is 4.04. The molecule has 122 valence electrons. The highest BCUT2D eigenvalue weighted by molar-refractivity contribution is 8.00. The van der Waals surface area contributed by atoms with Crippen molar-refractivity contribution < 1.29 is 4.79 Å². The van der Waals surface area contributed by atoms with Gasteiger partial charge in [0.05, 0.1) is 5.25 Å². The van der Waals surface area contributed by atoms with Gasteiger partial charge < -0.3 is 5.32 Å². The van der Waals surface area contributed by atoms with Crippen molar-refractivity contribution in [2.45, 2.75) is 42.6 Å². The van der Waals surface area contributed by atoms with Gasteiger partial charge in [-0.25, -0.2) is 9.89 Å². The molecule has 7 heteroatoms. The van der Waals surface area contributed by atoms with Crippen LogP contribution in [0, 0.1) is 0 Å². The van der Waals surface area contributed by atoms with Crippen molar-refractivity contribution in [1.29, 1.82) is 0 Å². The number of benzene rings is 1. The third-order valence-electron chi connectivity index (χ3n) is 3.92. The zero-order chi connectivity index (χ0) is 16.1. The minimum Gasteiger partial charge on any atom is -0.355 e. The lowest BCUT2D eigenvalue weighted by molar-refractivity contribution is -0.120. The molecule has 2 N–H and O–H groups in total. The molecule has 1 aliphatic rings. The van der Waals surface area contributed by atoms with E-state index in [4.69, 9.17) is 0 Å². The van der Waals surface area contributed by atoms with Crippen LogP contribution in [0.3, 0.4) is 0 Å². The zero-order valence-electron chi connectivity index (χ0n) is 12.8. The minimum absolute atomic E-state index is 0.0394. The zero-order valence-corrected chi connectivity index (χ0v) is 13.6. The van der Waals surface area contributed by atoms with Crippen LogP contribution in [0.5, 0.6) is 0 Å². The molecule has 1 aliphatic heterocycles. The Morgan fingerprint density at radius 2 is 2.04 bits per heavy atom. The number of carbonyl (C=O) groups excluding carboxylic acids is 1. The Morgan fingerprint density at radius 3 is 2.87 bits per heavy atom. The highest BCUT2D eigenvalue weighted by atomic mass is 32.2. The maximum Gasteiger partial charge on any atom is 0.343 e. The molecule has 1 saturated heterocycles. The molecule has 1 aromatic carbocycles. The van der Waals surface area contributed by atoms with Crippen LogP contribution in [0.2, 0.25) is 0 Å². The largest absolute Gasteiger partial charge is 0.355 e. The van der Waals surface area contributed by atoms with E-state index in [1.807, 2.05) is 30.3 Å². The molecule has 2 heterocycles. The highest BCUT2D eigenvalue weighted by Crippen LogP contribution is 2.25. The second kappa shape index (κ2) is 7.50.